The van der Waals surface area contributed by atoms with Gasteiger partial charge in [-0.2, -0.15) is 0 Å². The number of rotatable bonds is 7. The zero-order valence-electron chi connectivity index (χ0n) is 9.39. The van der Waals surface area contributed by atoms with Crippen molar-refractivity contribution >= 4 is 17.7 Å². The second-order valence-electron chi connectivity index (χ2n) is 3.44. The largest absolute Gasteiger partial charge is 0.465 e. The standard InChI is InChI=1S/C10H18F2O2S/c1-4-14-9(13)8(2)15-7-5-6-10(3,11)12/h8H,4-7H2,1-3H3. The summed E-state index contributed by atoms with van der Waals surface area (Å²) in [5.41, 5.74) is 0. The maximum Gasteiger partial charge on any atom is 0.318 e. The van der Waals surface area contributed by atoms with Gasteiger partial charge in [0.2, 0.25) is 5.92 Å². The van der Waals surface area contributed by atoms with Crippen molar-refractivity contribution in [2.45, 2.75) is 44.8 Å². The number of carbonyl (C=O) groups is 1. The Balaban J connectivity index is 3.55. The molecular weight excluding hydrogens is 222 g/mol. The second-order valence-corrected chi connectivity index (χ2v) is 4.89. The molecule has 2 nitrogen and oxygen atoms in total. The lowest BCUT2D eigenvalue weighted by molar-refractivity contribution is -0.142. The quantitative estimate of drug-likeness (QED) is 0.505. The maximum atomic E-state index is 12.4. The number of halogens is 2. The van der Waals surface area contributed by atoms with Gasteiger partial charge in [-0.3, -0.25) is 4.79 Å². The molecule has 0 saturated heterocycles. The number of alkyl halides is 2. The molecule has 1 atom stereocenters. The molecule has 5 heteroatoms. The Morgan fingerprint density at radius 1 is 1.53 bits per heavy atom. The van der Waals surface area contributed by atoms with Gasteiger partial charge in [-0.1, -0.05) is 0 Å². The Hall–Kier alpha value is -0.320. The van der Waals surface area contributed by atoms with Gasteiger partial charge in [-0.05, 0) is 32.9 Å². The predicted octanol–water partition coefficient (Wildman–Crippen LogP) is 3.11. The van der Waals surface area contributed by atoms with E-state index in [9.17, 15) is 13.6 Å². The first-order valence-electron chi connectivity index (χ1n) is 5.03. The van der Waals surface area contributed by atoms with Gasteiger partial charge in [0.05, 0.1) is 11.9 Å². The molecule has 0 aromatic rings. The molecule has 1 unspecified atom stereocenters. The van der Waals surface area contributed by atoms with Gasteiger partial charge in [0, 0.05) is 6.42 Å². The lowest BCUT2D eigenvalue weighted by atomic mass is 10.2. The zero-order chi connectivity index (χ0) is 11.9. The Labute approximate surface area is 93.8 Å². The fourth-order valence-corrected chi connectivity index (χ4v) is 1.84. The molecule has 0 aliphatic rings. The highest BCUT2D eigenvalue weighted by Crippen LogP contribution is 2.21. The number of carbonyl (C=O) groups excluding carboxylic acids is 1. The molecule has 0 saturated carbocycles. The van der Waals surface area contributed by atoms with Gasteiger partial charge in [0.15, 0.2) is 0 Å². The van der Waals surface area contributed by atoms with Crippen LogP contribution in [0.4, 0.5) is 8.78 Å². The molecule has 0 aliphatic carbocycles. The Morgan fingerprint density at radius 3 is 2.60 bits per heavy atom. The van der Waals surface area contributed by atoms with Crippen LogP contribution >= 0.6 is 11.8 Å². The third-order valence-electron chi connectivity index (χ3n) is 1.75. The monoisotopic (exact) mass is 240 g/mol. The minimum atomic E-state index is -2.60. The van der Waals surface area contributed by atoms with E-state index in [1.165, 1.54) is 11.8 Å². The Bertz CT molecular complexity index is 192. The molecule has 0 radical (unpaired) electrons. The van der Waals surface area contributed by atoms with Gasteiger partial charge in [0.25, 0.3) is 0 Å². The SMILES string of the molecule is CCOC(=O)C(C)SCCCC(C)(F)F. The summed E-state index contributed by atoms with van der Waals surface area (Å²) in [5.74, 6) is -2.32. The Morgan fingerprint density at radius 2 is 2.13 bits per heavy atom. The highest BCUT2D eigenvalue weighted by Gasteiger charge is 2.20. The van der Waals surface area contributed by atoms with Gasteiger partial charge in [-0.25, -0.2) is 8.78 Å². The second kappa shape index (κ2) is 7.04. The summed E-state index contributed by atoms with van der Waals surface area (Å²) < 4.78 is 29.6. The van der Waals surface area contributed by atoms with Crippen LogP contribution in [-0.4, -0.2) is 29.5 Å². The lowest BCUT2D eigenvalue weighted by Gasteiger charge is -2.12. The summed E-state index contributed by atoms with van der Waals surface area (Å²) >= 11 is 1.36. The first-order valence-corrected chi connectivity index (χ1v) is 6.07. The number of thioether (sulfide) groups is 1. The third kappa shape index (κ3) is 8.66. The van der Waals surface area contributed by atoms with Crippen LogP contribution in [0.3, 0.4) is 0 Å². The van der Waals surface area contributed by atoms with Gasteiger partial charge in [0.1, 0.15) is 0 Å². The van der Waals surface area contributed by atoms with E-state index < -0.39 is 5.92 Å². The molecule has 0 heterocycles. The number of ether oxygens (including phenoxy) is 1. The van der Waals surface area contributed by atoms with Crippen LogP contribution in [0.1, 0.15) is 33.6 Å². The summed E-state index contributed by atoms with van der Waals surface area (Å²) in [7, 11) is 0. The zero-order valence-corrected chi connectivity index (χ0v) is 10.2. The summed E-state index contributed by atoms with van der Waals surface area (Å²) in [6.45, 7) is 4.74. The molecule has 0 N–H and O–H groups in total. The van der Waals surface area contributed by atoms with Crippen molar-refractivity contribution in [3.63, 3.8) is 0 Å². The van der Waals surface area contributed by atoms with Crippen molar-refractivity contribution < 1.29 is 18.3 Å². The number of esters is 1. The Kier molecular flexibility index (Phi) is 6.89. The van der Waals surface area contributed by atoms with E-state index in [0.29, 0.717) is 18.8 Å². The van der Waals surface area contributed by atoms with E-state index >= 15 is 0 Å². The van der Waals surface area contributed by atoms with E-state index in [1.54, 1.807) is 13.8 Å². The van der Waals surface area contributed by atoms with E-state index in [0.717, 1.165) is 6.92 Å². The molecule has 0 spiro atoms. The van der Waals surface area contributed by atoms with Gasteiger partial charge < -0.3 is 4.74 Å². The van der Waals surface area contributed by atoms with Crippen molar-refractivity contribution in [2.24, 2.45) is 0 Å². The molecular formula is C10H18F2O2S. The van der Waals surface area contributed by atoms with Gasteiger partial charge in [-0.15, -0.1) is 11.8 Å². The first kappa shape index (κ1) is 14.7. The molecule has 0 fully saturated rings. The van der Waals surface area contributed by atoms with Crippen LogP contribution in [0.2, 0.25) is 0 Å². The molecule has 15 heavy (non-hydrogen) atoms. The fourth-order valence-electron chi connectivity index (χ4n) is 0.970. The summed E-state index contributed by atoms with van der Waals surface area (Å²) in [5, 5.41) is -0.268. The van der Waals surface area contributed by atoms with Crippen LogP contribution in [0.5, 0.6) is 0 Å². The highest BCUT2D eigenvalue weighted by atomic mass is 32.2. The van der Waals surface area contributed by atoms with Crippen LogP contribution in [0.25, 0.3) is 0 Å². The molecule has 0 amide bonds. The summed E-state index contributed by atoms with van der Waals surface area (Å²) in [6, 6.07) is 0. The summed E-state index contributed by atoms with van der Waals surface area (Å²) in [6.07, 6.45) is 0.285. The molecule has 0 bridgehead atoms. The van der Waals surface area contributed by atoms with Crippen LogP contribution in [0.15, 0.2) is 0 Å². The van der Waals surface area contributed by atoms with Crippen molar-refractivity contribution in [1.82, 2.24) is 0 Å². The van der Waals surface area contributed by atoms with Gasteiger partial charge >= 0.3 is 5.97 Å². The maximum absolute atomic E-state index is 12.4. The molecule has 0 aromatic heterocycles. The van der Waals surface area contributed by atoms with E-state index in [4.69, 9.17) is 4.74 Å². The average molecular weight is 240 g/mol. The molecule has 0 aromatic carbocycles. The van der Waals surface area contributed by atoms with Crippen molar-refractivity contribution in [3.05, 3.63) is 0 Å². The van der Waals surface area contributed by atoms with Crippen LogP contribution in [0, 0.1) is 0 Å². The van der Waals surface area contributed by atoms with E-state index in [-0.39, 0.29) is 17.6 Å². The van der Waals surface area contributed by atoms with Crippen molar-refractivity contribution in [1.29, 1.82) is 0 Å². The van der Waals surface area contributed by atoms with E-state index in [2.05, 4.69) is 0 Å². The van der Waals surface area contributed by atoms with E-state index in [1.807, 2.05) is 0 Å². The fraction of sp³-hybridized carbons (Fsp3) is 0.900. The minimum Gasteiger partial charge on any atom is -0.465 e. The average Bonchev–Trinajstić information content (AvgIpc) is 2.11. The number of hydrogen-bond donors (Lipinski definition) is 0. The van der Waals surface area contributed by atoms with Crippen LogP contribution in [-0.2, 0) is 9.53 Å². The summed E-state index contributed by atoms with van der Waals surface area (Å²) in [4.78, 5) is 11.1. The molecule has 0 rings (SSSR count). The first-order chi connectivity index (χ1) is 6.87. The normalized spacial score (nSPS) is 13.7. The lowest BCUT2D eigenvalue weighted by Crippen LogP contribution is -2.17. The van der Waals surface area contributed by atoms with Crippen molar-refractivity contribution in [3.8, 4) is 0 Å². The molecule has 90 valence electrons. The topological polar surface area (TPSA) is 26.3 Å². The predicted molar refractivity (Wildman–Crippen MR) is 58.4 cm³/mol. The van der Waals surface area contributed by atoms with Crippen molar-refractivity contribution in [2.75, 3.05) is 12.4 Å². The smallest absolute Gasteiger partial charge is 0.318 e. The highest BCUT2D eigenvalue weighted by molar-refractivity contribution is 8.00. The molecule has 0 aliphatic heterocycles. The third-order valence-corrected chi connectivity index (χ3v) is 2.96. The van der Waals surface area contributed by atoms with Crippen LogP contribution < -0.4 is 0 Å². The number of hydrogen-bond acceptors (Lipinski definition) is 3. The minimum absolute atomic E-state index is 0.129.